The van der Waals surface area contributed by atoms with Crippen LogP contribution < -0.4 is 14.8 Å². The number of nitrogens with zero attached hydrogens (tertiary/aromatic N) is 2. The molecule has 3 rings (SSSR count). The van der Waals surface area contributed by atoms with Crippen molar-refractivity contribution in [1.82, 2.24) is 10.2 Å². The third-order valence-electron chi connectivity index (χ3n) is 5.85. The second kappa shape index (κ2) is 11.2. The van der Waals surface area contributed by atoms with E-state index in [1.807, 2.05) is 0 Å². The maximum Gasteiger partial charge on any atom is 0.194 e. The number of aliphatic imine (C=N–C) groups is 1. The molecule has 29 heavy (non-hydrogen) atoms. The third-order valence-corrected chi connectivity index (χ3v) is 5.85. The van der Waals surface area contributed by atoms with Gasteiger partial charge in [0.25, 0.3) is 0 Å². The number of rotatable bonds is 9. The Morgan fingerprint density at radius 1 is 1.14 bits per heavy atom. The van der Waals surface area contributed by atoms with E-state index in [1.165, 1.54) is 24.0 Å². The van der Waals surface area contributed by atoms with Crippen LogP contribution in [0.2, 0.25) is 0 Å². The van der Waals surface area contributed by atoms with E-state index in [9.17, 15) is 0 Å². The Bertz CT molecular complexity index is 692. The summed E-state index contributed by atoms with van der Waals surface area (Å²) in [4.78, 5) is 7.38. The van der Waals surface area contributed by atoms with Crippen molar-refractivity contribution in [2.45, 2.75) is 46.1 Å². The monoisotopic (exact) mass is 517 g/mol. The van der Waals surface area contributed by atoms with E-state index in [2.05, 4.69) is 36.2 Å². The molecule has 7 heteroatoms. The quantitative estimate of drug-likeness (QED) is 0.234. The van der Waals surface area contributed by atoms with Crippen LogP contribution in [0.4, 0.5) is 0 Å². The lowest BCUT2D eigenvalue weighted by Crippen LogP contribution is -2.44. The molecule has 164 valence electrons. The summed E-state index contributed by atoms with van der Waals surface area (Å²) < 4.78 is 16.5. The van der Waals surface area contributed by atoms with Crippen molar-refractivity contribution in [3.63, 3.8) is 0 Å². The fourth-order valence-corrected chi connectivity index (χ4v) is 3.83. The summed E-state index contributed by atoms with van der Waals surface area (Å²) in [5.74, 6) is 2.61. The fourth-order valence-electron chi connectivity index (χ4n) is 3.83. The molecule has 1 aromatic rings. The van der Waals surface area contributed by atoms with Gasteiger partial charge < -0.3 is 24.4 Å². The number of ether oxygens (including phenoxy) is 3. The summed E-state index contributed by atoms with van der Waals surface area (Å²) in [6.07, 6.45) is 4.63. The van der Waals surface area contributed by atoms with Crippen molar-refractivity contribution >= 4 is 29.9 Å². The minimum Gasteiger partial charge on any atom is -0.493 e. The van der Waals surface area contributed by atoms with Gasteiger partial charge in [-0.1, -0.05) is 0 Å². The van der Waals surface area contributed by atoms with Crippen LogP contribution in [0.3, 0.4) is 0 Å². The van der Waals surface area contributed by atoms with E-state index >= 15 is 0 Å². The molecule has 0 spiro atoms. The SMILES string of the molecule is CCNC(=NCC1(CCOCC)CC1)N1CCc2cc(OC)c(OC)cc2C1.I. The second-order valence-corrected chi connectivity index (χ2v) is 7.76. The number of benzene rings is 1. The van der Waals surface area contributed by atoms with Gasteiger partial charge in [-0.3, -0.25) is 4.99 Å². The molecule has 1 N–H and O–H groups in total. The zero-order valence-electron chi connectivity index (χ0n) is 18.3. The van der Waals surface area contributed by atoms with Crippen molar-refractivity contribution in [3.05, 3.63) is 23.3 Å². The molecule has 1 fully saturated rings. The van der Waals surface area contributed by atoms with Gasteiger partial charge >= 0.3 is 0 Å². The summed E-state index contributed by atoms with van der Waals surface area (Å²) in [6, 6.07) is 4.22. The normalized spacial score (nSPS) is 17.2. The number of nitrogens with one attached hydrogen (secondary N) is 1. The van der Waals surface area contributed by atoms with Crippen molar-refractivity contribution in [2.75, 3.05) is 47.1 Å². The van der Waals surface area contributed by atoms with Gasteiger partial charge in [-0.15, -0.1) is 24.0 Å². The number of hydrogen-bond donors (Lipinski definition) is 1. The van der Waals surface area contributed by atoms with Crippen LogP contribution in [0.15, 0.2) is 17.1 Å². The Labute approximate surface area is 192 Å². The van der Waals surface area contributed by atoms with Gasteiger partial charge in [-0.05, 0) is 68.2 Å². The number of guanidine groups is 1. The molecule has 0 atom stereocenters. The van der Waals surface area contributed by atoms with Crippen molar-refractivity contribution in [2.24, 2.45) is 10.4 Å². The van der Waals surface area contributed by atoms with Gasteiger partial charge in [0.2, 0.25) is 0 Å². The molecule has 0 unspecified atom stereocenters. The zero-order chi connectivity index (χ0) is 20.0. The van der Waals surface area contributed by atoms with E-state index in [-0.39, 0.29) is 24.0 Å². The first kappa shape index (κ1) is 24.1. The van der Waals surface area contributed by atoms with Gasteiger partial charge in [0.05, 0.1) is 14.2 Å². The van der Waals surface area contributed by atoms with E-state index in [0.717, 1.165) is 69.7 Å². The van der Waals surface area contributed by atoms with Crippen molar-refractivity contribution < 1.29 is 14.2 Å². The Kier molecular flexibility index (Phi) is 9.33. The number of methoxy groups -OCH3 is 2. The first-order chi connectivity index (χ1) is 13.6. The lowest BCUT2D eigenvalue weighted by atomic mass is 9.99. The molecule has 1 heterocycles. The number of hydrogen-bond acceptors (Lipinski definition) is 4. The summed E-state index contributed by atoms with van der Waals surface area (Å²) >= 11 is 0. The molecule has 0 radical (unpaired) electrons. The third kappa shape index (κ3) is 6.13. The Morgan fingerprint density at radius 2 is 1.83 bits per heavy atom. The smallest absolute Gasteiger partial charge is 0.194 e. The molecule has 0 saturated heterocycles. The first-order valence-electron chi connectivity index (χ1n) is 10.5. The Hall–Kier alpha value is -1.22. The first-order valence-corrected chi connectivity index (χ1v) is 10.5. The summed E-state index contributed by atoms with van der Waals surface area (Å²) in [6.45, 7) is 9.39. The van der Waals surface area contributed by atoms with Crippen LogP contribution in [0, 0.1) is 5.41 Å². The molecule has 1 aromatic carbocycles. The minimum atomic E-state index is 0. The summed E-state index contributed by atoms with van der Waals surface area (Å²) in [5.41, 5.74) is 2.98. The van der Waals surface area contributed by atoms with Gasteiger partial charge in [0.1, 0.15) is 0 Å². The zero-order valence-corrected chi connectivity index (χ0v) is 20.6. The molecule has 6 nitrogen and oxygen atoms in total. The molecule has 1 aliphatic carbocycles. The van der Waals surface area contributed by atoms with Crippen molar-refractivity contribution in [1.29, 1.82) is 0 Å². The predicted molar refractivity (Wildman–Crippen MR) is 128 cm³/mol. The molecule has 0 amide bonds. The van der Waals surface area contributed by atoms with Crippen molar-refractivity contribution in [3.8, 4) is 11.5 Å². The van der Waals surface area contributed by atoms with Gasteiger partial charge in [-0.25, -0.2) is 0 Å². The van der Waals surface area contributed by atoms with E-state index in [0.29, 0.717) is 5.41 Å². The maximum atomic E-state index is 5.56. The van der Waals surface area contributed by atoms with Crippen LogP contribution >= 0.6 is 24.0 Å². The van der Waals surface area contributed by atoms with Crippen LogP contribution in [-0.4, -0.2) is 57.9 Å². The molecule has 2 aliphatic rings. The molecule has 0 aromatic heterocycles. The highest BCUT2D eigenvalue weighted by atomic mass is 127. The van der Waals surface area contributed by atoms with Gasteiger partial charge in [-0.2, -0.15) is 0 Å². The predicted octanol–water partition coefficient (Wildman–Crippen LogP) is 3.85. The molecular weight excluding hydrogens is 481 g/mol. The highest BCUT2D eigenvalue weighted by Crippen LogP contribution is 2.49. The summed E-state index contributed by atoms with van der Waals surface area (Å²) in [5, 5.41) is 3.49. The second-order valence-electron chi connectivity index (χ2n) is 7.76. The van der Waals surface area contributed by atoms with Gasteiger partial charge in [0, 0.05) is 39.4 Å². The average Bonchev–Trinajstić information content (AvgIpc) is 3.49. The Balaban J connectivity index is 0.00000300. The molecule has 1 aliphatic heterocycles. The van der Waals surface area contributed by atoms with E-state index < -0.39 is 0 Å². The number of fused-ring (bicyclic) bond motifs is 1. The topological polar surface area (TPSA) is 55.3 Å². The Morgan fingerprint density at radius 3 is 2.41 bits per heavy atom. The van der Waals surface area contributed by atoms with Crippen LogP contribution in [0.1, 0.15) is 44.2 Å². The van der Waals surface area contributed by atoms with Gasteiger partial charge in [0.15, 0.2) is 17.5 Å². The summed E-state index contributed by atoms with van der Waals surface area (Å²) in [7, 11) is 3.38. The van der Waals surface area contributed by atoms with Crippen LogP contribution in [0.5, 0.6) is 11.5 Å². The highest BCUT2D eigenvalue weighted by molar-refractivity contribution is 14.0. The fraction of sp³-hybridized carbons (Fsp3) is 0.682. The largest absolute Gasteiger partial charge is 0.493 e. The lowest BCUT2D eigenvalue weighted by molar-refractivity contribution is 0.129. The van der Waals surface area contributed by atoms with Crippen LogP contribution in [-0.2, 0) is 17.7 Å². The average molecular weight is 517 g/mol. The lowest BCUT2D eigenvalue weighted by Gasteiger charge is -2.32. The maximum absolute atomic E-state index is 5.56. The molecule has 1 saturated carbocycles. The highest BCUT2D eigenvalue weighted by Gasteiger charge is 2.42. The van der Waals surface area contributed by atoms with Crippen LogP contribution in [0.25, 0.3) is 0 Å². The van der Waals surface area contributed by atoms with E-state index in [1.54, 1.807) is 14.2 Å². The molecular formula is C22H36IN3O3. The van der Waals surface area contributed by atoms with E-state index in [4.69, 9.17) is 19.2 Å². The standard InChI is InChI=1S/C22H35N3O3.HI/c1-5-23-21(24-16-22(8-9-22)10-12-28-6-2)25-11-7-17-13-19(26-3)20(27-4)14-18(17)15-25;/h13-14H,5-12,15-16H2,1-4H3,(H,23,24);1H. The minimum absolute atomic E-state index is 0. The number of halogens is 1. The molecule has 0 bridgehead atoms.